The second-order valence-corrected chi connectivity index (χ2v) is 8.70. The van der Waals surface area contributed by atoms with Crippen LogP contribution in [0.1, 0.15) is 110 Å². The van der Waals surface area contributed by atoms with E-state index in [0.29, 0.717) is 26.3 Å². The minimum atomic E-state index is -0.218. The summed E-state index contributed by atoms with van der Waals surface area (Å²) in [6.45, 7) is 5.29. The van der Waals surface area contributed by atoms with Gasteiger partial charge < -0.3 is 20.9 Å². The highest BCUT2D eigenvalue weighted by Crippen LogP contribution is 2.16. The summed E-state index contributed by atoms with van der Waals surface area (Å²) in [5.74, 6) is 0. The summed E-state index contributed by atoms with van der Waals surface area (Å²) in [5, 5.41) is 0. The number of rotatable bonds is 23. The van der Waals surface area contributed by atoms with Crippen LogP contribution in [0.2, 0.25) is 0 Å². The Morgan fingerprint density at radius 2 is 0.964 bits per heavy atom. The molecule has 0 bridgehead atoms. The number of nitrogens with two attached hydrogens (primary N) is 2. The van der Waals surface area contributed by atoms with Crippen molar-refractivity contribution in [2.45, 2.75) is 110 Å². The highest BCUT2D eigenvalue weighted by molar-refractivity contribution is 4.81. The van der Waals surface area contributed by atoms with Crippen molar-refractivity contribution in [2.24, 2.45) is 16.9 Å². The lowest BCUT2D eigenvalue weighted by Gasteiger charge is -2.29. The van der Waals surface area contributed by atoms with Crippen molar-refractivity contribution in [1.29, 1.82) is 0 Å². The number of ether oxygens (including phenoxy) is 2. The zero-order valence-corrected chi connectivity index (χ0v) is 19.3. The van der Waals surface area contributed by atoms with Gasteiger partial charge in [0, 0.05) is 32.2 Å². The van der Waals surface area contributed by atoms with Gasteiger partial charge in [0.25, 0.3) is 0 Å². The van der Waals surface area contributed by atoms with E-state index in [0.717, 1.165) is 13.0 Å². The molecule has 0 fully saturated rings. The van der Waals surface area contributed by atoms with Gasteiger partial charge in [-0.05, 0) is 6.42 Å². The van der Waals surface area contributed by atoms with Crippen LogP contribution in [-0.4, -0.2) is 40.0 Å². The maximum absolute atomic E-state index is 5.84. The SMILES string of the molecule is CCCCCCCCCCCCCCCCCCOCC(CN)(CN)COC. The molecule has 0 aliphatic heterocycles. The average Bonchev–Trinajstić information content (AvgIpc) is 2.72. The maximum Gasteiger partial charge on any atom is 0.0568 e. The van der Waals surface area contributed by atoms with Crippen molar-refractivity contribution >= 4 is 0 Å². The van der Waals surface area contributed by atoms with Crippen LogP contribution in [0, 0.1) is 5.41 Å². The molecule has 0 heterocycles. The summed E-state index contributed by atoms with van der Waals surface area (Å²) in [4.78, 5) is 0. The largest absolute Gasteiger partial charge is 0.384 e. The monoisotopic (exact) mass is 400 g/mol. The molecule has 4 N–H and O–H groups in total. The topological polar surface area (TPSA) is 70.5 Å². The van der Waals surface area contributed by atoms with E-state index in [9.17, 15) is 0 Å². The number of hydrogen-bond acceptors (Lipinski definition) is 4. The Hall–Kier alpha value is -0.160. The Kier molecular flexibility index (Phi) is 21.4. The summed E-state index contributed by atoms with van der Waals surface area (Å²) in [5.41, 5.74) is 11.5. The molecular weight excluding hydrogens is 348 g/mol. The molecule has 4 heteroatoms. The molecule has 0 atom stereocenters. The fourth-order valence-electron chi connectivity index (χ4n) is 3.71. The lowest BCUT2D eigenvalue weighted by molar-refractivity contribution is 0.000740. The van der Waals surface area contributed by atoms with Gasteiger partial charge in [0.15, 0.2) is 0 Å². The summed E-state index contributed by atoms with van der Waals surface area (Å²) in [7, 11) is 1.69. The lowest BCUT2D eigenvalue weighted by atomic mass is 9.90. The Labute approximate surface area is 176 Å². The molecule has 4 nitrogen and oxygen atoms in total. The van der Waals surface area contributed by atoms with Crippen molar-refractivity contribution in [3.63, 3.8) is 0 Å². The summed E-state index contributed by atoms with van der Waals surface area (Å²) in [6, 6.07) is 0. The van der Waals surface area contributed by atoms with Gasteiger partial charge in [-0.25, -0.2) is 0 Å². The van der Waals surface area contributed by atoms with Crippen molar-refractivity contribution in [2.75, 3.05) is 40.0 Å². The second-order valence-electron chi connectivity index (χ2n) is 8.70. The Morgan fingerprint density at radius 1 is 0.571 bits per heavy atom. The smallest absolute Gasteiger partial charge is 0.0568 e. The predicted octanol–water partition coefficient (Wildman–Crippen LogP) is 5.81. The normalized spacial score (nSPS) is 12.0. The Morgan fingerprint density at radius 3 is 1.32 bits per heavy atom. The lowest BCUT2D eigenvalue weighted by Crippen LogP contribution is -2.45. The third-order valence-corrected chi connectivity index (χ3v) is 5.87. The van der Waals surface area contributed by atoms with E-state index >= 15 is 0 Å². The van der Waals surface area contributed by atoms with E-state index < -0.39 is 0 Å². The molecule has 0 aliphatic rings. The van der Waals surface area contributed by atoms with Crippen molar-refractivity contribution in [3.05, 3.63) is 0 Å². The molecule has 0 saturated carbocycles. The first-order valence-electron chi connectivity index (χ1n) is 12.2. The van der Waals surface area contributed by atoms with Gasteiger partial charge in [-0.2, -0.15) is 0 Å². The number of hydrogen-bond donors (Lipinski definition) is 2. The number of unbranched alkanes of at least 4 members (excludes halogenated alkanes) is 15. The predicted molar refractivity (Wildman–Crippen MR) is 123 cm³/mol. The molecule has 0 aromatic heterocycles. The van der Waals surface area contributed by atoms with Crippen molar-refractivity contribution < 1.29 is 9.47 Å². The molecule has 0 amide bonds. The molecule has 0 aromatic carbocycles. The van der Waals surface area contributed by atoms with Gasteiger partial charge in [0.1, 0.15) is 0 Å². The fourth-order valence-corrected chi connectivity index (χ4v) is 3.71. The van der Waals surface area contributed by atoms with Crippen molar-refractivity contribution in [1.82, 2.24) is 0 Å². The molecule has 0 unspecified atom stereocenters. The zero-order chi connectivity index (χ0) is 20.8. The van der Waals surface area contributed by atoms with Crippen LogP contribution in [0.3, 0.4) is 0 Å². The standard InChI is InChI=1S/C24H52N2O2/c1-3-4-5-6-7-8-9-10-11-12-13-14-15-16-17-18-19-28-23-24(20-25,21-26)22-27-2/h3-23,25-26H2,1-2H3. The Balaban J connectivity index is 3.25. The second kappa shape index (κ2) is 21.5. The third-order valence-electron chi connectivity index (χ3n) is 5.87. The first-order valence-corrected chi connectivity index (χ1v) is 12.2. The van der Waals surface area contributed by atoms with E-state index in [2.05, 4.69) is 6.92 Å². The maximum atomic E-state index is 5.84. The average molecular weight is 401 g/mol. The van der Waals surface area contributed by atoms with Crippen molar-refractivity contribution in [3.8, 4) is 0 Å². The molecule has 0 saturated heterocycles. The van der Waals surface area contributed by atoms with Crippen LogP contribution in [-0.2, 0) is 9.47 Å². The van der Waals surface area contributed by atoms with E-state index in [1.807, 2.05) is 0 Å². The van der Waals surface area contributed by atoms with Gasteiger partial charge in [-0.3, -0.25) is 0 Å². The molecule has 0 aromatic rings. The van der Waals surface area contributed by atoms with Crippen LogP contribution in [0.4, 0.5) is 0 Å². The third kappa shape index (κ3) is 16.8. The molecule has 28 heavy (non-hydrogen) atoms. The summed E-state index contributed by atoms with van der Waals surface area (Å²) >= 11 is 0. The number of methoxy groups -OCH3 is 1. The van der Waals surface area contributed by atoms with Gasteiger partial charge in [-0.15, -0.1) is 0 Å². The molecule has 0 spiro atoms. The van der Waals surface area contributed by atoms with Gasteiger partial charge in [-0.1, -0.05) is 103 Å². The highest BCUT2D eigenvalue weighted by atomic mass is 16.5. The van der Waals surface area contributed by atoms with E-state index in [1.165, 1.54) is 96.3 Å². The molecule has 0 rings (SSSR count). The summed E-state index contributed by atoms with van der Waals surface area (Å²) in [6.07, 6.45) is 22.3. The van der Waals surface area contributed by atoms with E-state index in [1.54, 1.807) is 7.11 Å². The first kappa shape index (κ1) is 27.8. The van der Waals surface area contributed by atoms with E-state index in [4.69, 9.17) is 20.9 Å². The van der Waals surface area contributed by atoms with Gasteiger partial charge in [0.05, 0.1) is 13.2 Å². The van der Waals surface area contributed by atoms with Crippen LogP contribution >= 0.6 is 0 Å². The van der Waals surface area contributed by atoms with Gasteiger partial charge in [0.2, 0.25) is 0 Å². The minimum absolute atomic E-state index is 0.218. The molecule has 170 valence electrons. The fraction of sp³-hybridized carbons (Fsp3) is 1.00. The molecule has 0 radical (unpaired) electrons. The quantitative estimate of drug-likeness (QED) is 0.212. The molecular formula is C24H52N2O2. The van der Waals surface area contributed by atoms with Crippen LogP contribution in [0.15, 0.2) is 0 Å². The first-order chi connectivity index (χ1) is 13.7. The highest BCUT2D eigenvalue weighted by Gasteiger charge is 2.27. The van der Waals surface area contributed by atoms with Crippen LogP contribution in [0.25, 0.3) is 0 Å². The van der Waals surface area contributed by atoms with Gasteiger partial charge >= 0.3 is 0 Å². The Bertz CT molecular complexity index is 296. The van der Waals surface area contributed by atoms with Crippen LogP contribution in [0.5, 0.6) is 0 Å². The van der Waals surface area contributed by atoms with Crippen LogP contribution < -0.4 is 11.5 Å². The van der Waals surface area contributed by atoms with E-state index in [-0.39, 0.29) is 5.41 Å². The zero-order valence-electron chi connectivity index (χ0n) is 19.3. The molecule has 0 aliphatic carbocycles. The minimum Gasteiger partial charge on any atom is -0.384 e. The summed E-state index contributed by atoms with van der Waals surface area (Å²) < 4.78 is 11.0.